The summed E-state index contributed by atoms with van der Waals surface area (Å²) in [5.41, 5.74) is 3.98. The van der Waals surface area contributed by atoms with Crippen LogP contribution in [0.3, 0.4) is 0 Å². The number of hydrogen-bond donors (Lipinski definition) is 1. The van der Waals surface area contributed by atoms with E-state index in [2.05, 4.69) is 41.4 Å². The van der Waals surface area contributed by atoms with Crippen molar-refractivity contribution in [2.24, 2.45) is 0 Å². The molecule has 4 nitrogen and oxygen atoms in total. The van der Waals surface area contributed by atoms with Crippen LogP contribution in [0, 0.1) is 6.92 Å². The first kappa shape index (κ1) is 19.4. The number of carbonyl (C=O) groups excluding carboxylic acids is 1. The highest BCUT2D eigenvalue weighted by Crippen LogP contribution is 2.21. The minimum atomic E-state index is -0.508. The Bertz CT molecular complexity index is 774. The summed E-state index contributed by atoms with van der Waals surface area (Å²) in [5.74, 6) is 0.671. The largest absolute Gasteiger partial charge is 0.481 e. The Kier molecular flexibility index (Phi) is 6.51. The number of fused-ring (bicyclic) bond motifs is 1. The molecule has 0 aliphatic carbocycles. The zero-order valence-electron chi connectivity index (χ0n) is 16.6. The van der Waals surface area contributed by atoms with Gasteiger partial charge in [-0.2, -0.15) is 0 Å². The molecule has 0 saturated carbocycles. The molecule has 3 rings (SSSR count). The number of carbonyl (C=O) groups is 1. The predicted octanol–water partition coefficient (Wildman–Crippen LogP) is 3.72. The van der Waals surface area contributed by atoms with Gasteiger partial charge in [0, 0.05) is 25.7 Å². The lowest BCUT2D eigenvalue weighted by Crippen LogP contribution is -2.47. The van der Waals surface area contributed by atoms with E-state index in [-0.39, 0.29) is 5.91 Å². The number of nitrogens with zero attached hydrogens (tertiary/aromatic N) is 1. The Labute approximate surface area is 162 Å². The van der Waals surface area contributed by atoms with Gasteiger partial charge in [0.05, 0.1) is 0 Å². The summed E-state index contributed by atoms with van der Waals surface area (Å²) < 4.78 is 5.79. The molecule has 0 aromatic heterocycles. The summed E-state index contributed by atoms with van der Waals surface area (Å²) in [4.78, 5) is 15.0. The Morgan fingerprint density at radius 3 is 2.70 bits per heavy atom. The minimum Gasteiger partial charge on any atom is -0.481 e. The third-order valence-corrected chi connectivity index (χ3v) is 5.33. The average molecular weight is 367 g/mol. The SMILES string of the molecule is CCC(CNC(=O)C(C)Oc1cccc(C)c1)N1CCc2ccccc2C1. The minimum absolute atomic E-state index is 0.0626. The predicted molar refractivity (Wildman–Crippen MR) is 109 cm³/mol. The van der Waals surface area contributed by atoms with Crippen LogP contribution >= 0.6 is 0 Å². The molecular weight excluding hydrogens is 336 g/mol. The van der Waals surface area contributed by atoms with Gasteiger partial charge in [0.25, 0.3) is 5.91 Å². The summed E-state index contributed by atoms with van der Waals surface area (Å²) in [7, 11) is 0. The van der Waals surface area contributed by atoms with Crippen molar-refractivity contribution in [1.82, 2.24) is 10.2 Å². The maximum atomic E-state index is 12.5. The zero-order chi connectivity index (χ0) is 19.2. The van der Waals surface area contributed by atoms with E-state index < -0.39 is 6.10 Å². The van der Waals surface area contributed by atoms with Crippen LogP contribution in [0.5, 0.6) is 5.75 Å². The van der Waals surface area contributed by atoms with Crippen molar-refractivity contribution in [2.75, 3.05) is 13.1 Å². The molecule has 0 saturated heterocycles. The summed E-state index contributed by atoms with van der Waals surface area (Å²) in [6.45, 7) is 8.65. The molecular formula is C23H30N2O2. The Morgan fingerprint density at radius 1 is 1.19 bits per heavy atom. The van der Waals surface area contributed by atoms with Crippen LogP contribution in [-0.2, 0) is 17.8 Å². The van der Waals surface area contributed by atoms with Gasteiger partial charge in [0.15, 0.2) is 6.10 Å². The first-order chi connectivity index (χ1) is 13.1. The summed E-state index contributed by atoms with van der Waals surface area (Å²) >= 11 is 0. The van der Waals surface area contributed by atoms with Gasteiger partial charge in [-0.15, -0.1) is 0 Å². The van der Waals surface area contributed by atoms with Crippen molar-refractivity contribution in [1.29, 1.82) is 0 Å². The zero-order valence-corrected chi connectivity index (χ0v) is 16.6. The molecule has 4 heteroatoms. The molecule has 1 heterocycles. The number of aryl methyl sites for hydroxylation is 1. The van der Waals surface area contributed by atoms with E-state index in [1.165, 1.54) is 11.1 Å². The standard InChI is InChI=1S/C23H30N2O2/c1-4-21(25-13-12-19-9-5-6-10-20(19)16-25)15-24-23(26)18(3)27-22-11-7-8-17(2)14-22/h5-11,14,18,21H,4,12-13,15-16H2,1-3H3,(H,24,26). The maximum Gasteiger partial charge on any atom is 0.260 e. The topological polar surface area (TPSA) is 41.6 Å². The molecule has 0 spiro atoms. The van der Waals surface area contributed by atoms with Crippen molar-refractivity contribution in [3.8, 4) is 5.75 Å². The van der Waals surface area contributed by atoms with Crippen LogP contribution in [0.1, 0.15) is 37.0 Å². The molecule has 1 amide bonds. The first-order valence-electron chi connectivity index (χ1n) is 9.88. The maximum absolute atomic E-state index is 12.5. The van der Waals surface area contributed by atoms with E-state index in [0.29, 0.717) is 12.6 Å². The van der Waals surface area contributed by atoms with Gasteiger partial charge in [-0.25, -0.2) is 0 Å². The molecule has 0 radical (unpaired) electrons. The average Bonchev–Trinajstić information content (AvgIpc) is 2.68. The highest BCUT2D eigenvalue weighted by molar-refractivity contribution is 5.80. The highest BCUT2D eigenvalue weighted by atomic mass is 16.5. The number of nitrogens with one attached hydrogen (secondary N) is 1. The van der Waals surface area contributed by atoms with Gasteiger partial charge >= 0.3 is 0 Å². The third kappa shape index (κ3) is 5.10. The lowest BCUT2D eigenvalue weighted by atomic mass is 9.98. The third-order valence-electron chi connectivity index (χ3n) is 5.33. The summed E-state index contributed by atoms with van der Waals surface area (Å²) in [6.07, 6.45) is 1.58. The molecule has 1 aliphatic heterocycles. The summed E-state index contributed by atoms with van der Waals surface area (Å²) in [6, 6.07) is 16.8. The van der Waals surface area contributed by atoms with Crippen molar-refractivity contribution >= 4 is 5.91 Å². The molecule has 1 N–H and O–H groups in total. The van der Waals surface area contributed by atoms with Crippen LogP contribution in [0.4, 0.5) is 0 Å². The molecule has 2 atom stereocenters. The van der Waals surface area contributed by atoms with E-state index in [1.54, 1.807) is 6.92 Å². The number of rotatable bonds is 7. The van der Waals surface area contributed by atoms with Crippen LogP contribution in [0.25, 0.3) is 0 Å². The molecule has 144 valence electrons. The lowest BCUT2D eigenvalue weighted by Gasteiger charge is -2.35. The van der Waals surface area contributed by atoms with Gasteiger partial charge in [0.2, 0.25) is 0 Å². The van der Waals surface area contributed by atoms with Crippen molar-refractivity contribution in [3.63, 3.8) is 0 Å². The number of benzene rings is 2. The van der Waals surface area contributed by atoms with E-state index in [9.17, 15) is 4.79 Å². The Hall–Kier alpha value is -2.33. The quantitative estimate of drug-likeness (QED) is 0.812. The Balaban J connectivity index is 1.52. The molecule has 0 bridgehead atoms. The molecule has 1 aliphatic rings. The van der Waals surface area contributed by atoms with Crippen molar-refractivity contribution in [2.45, 2.75) is 52.3 Å². The van der Waals surface area contributed by atoms with Crippen LogP contribution in [0.15, 0.2) is 48.5 Å². The van der Waals surface area contributed by atoms with Gasteiger partial charge in [0.1, 0.15) is 5.75 Å². The normalized spacial score (nSPS) is 16.3. The van der Waals surface area contributed by atoms with Crippen molar-refractivity contribution < 1.29 is 9.53 Å². The van der Waals surface area contributed by atoms with Crippen molar-refractivity contribution in [3.05, 3.63) is 65.2 Å². The lowest BCUT2D eigenvalue weighted by molar-refractivity contribution is -0.127. The molecule has 2 aromatic rings. The molecule has 2 unspecified atom stereocenters. The van der Waals surface area contributed by atoms with Gasteiger partial charge in [-0.3, -0.25) is 9.69 Å². The van der Waals surface area contributed by atoms with Crippen LogP contribution in [-0.4, -0.2) is 36.0 Å². The second kappa shape index (κ2) is 9.05. The fourth-order valence-corrected chi connectivity index (χ4v) is 3.67. The van der Waals surface area contributed by atoms with E-state index >= 15 is 0 Å². The fraction of sp³-hybridized carbons (Fsp3) is 0.435. The smallest absolute Gasteiger partial charge is 0.260 e. The van der Waals surface area contributed by atoms with E-state index in [0.717, 1.165) is 37.2 Å². The van der Waals surface area contributed by atoms with Gasteiger partial charge < -0.3 is 10.1 Å². The second-order valence-electron chi connectivity index (χ2n) is 7.37. The van der Waals surface area contributed by atoms with E-state index in [4.69, 9.17) is 4.74 Å². The summed E-state index contributed by atoms with van der Waals surface area (Å²) in [5, 5.41) is 3.08. The fourth-order valence-electron chi connectivity index (χ4n) is 3.67. The van der Waals surface area contributed by atoms with E-state index in [1.807, 2.05) is 31.2 Å². The number of ether oxygens (including phenoxy) is 1. The number of hydrogen-bond acceptors (Lipinski definition) is 3. The number of amides is 1. The molecule has 27 heavy (non-hydrogen) atoms. The molecule has 0 fully saturated rings. The Morgan fingerprint density at radius 2 is 1.96 bits per heavy atom. The monoisotopic (exact) mass is 366 g/mol. The first-order valence-corrected chi connectivity index (χ1v) is 9.88. The van der Waals surface area contributed by atoms with Gasteiger partial charge in [-0.05, 0) is 55.5 Å². The van der Waals surface area contributed by atoms with Crippen LogP contribution < -0.4 is 10.1 Å². The second-order valence-corrected chi connectivity index (χ2v) is 7.37. The van der Waals surface area contributed by atoms with Crippen LogP contribution in [0.2, 0.25) is 0 Å². The highest BCUT2D eigenvalue weighted by Gasteiger charge is 2.23. The van der Waals surface area contributed by atoms with Gasteiger partial charge in [-0.1, -0.05) is 43.3 Å². The molecule has 2 aromatic carbocycles.